The fourth-order valence-corrected chi connectivity index (χ4v) is 6.56. The number of methoxy groups -OCH3 is 1. The Bertz CT molecular complexity index is 1340. The maximum Gasteiger partial charge on any atom is 0.257 e. The van der Waals surface area contributed by atoms with Gasteiger partial charge in [-0.3, -0.25) is 4.79 Å². The predicted octanol–water partition coefficient (Wildman–Crippen LogP) is 4.72. The van der Waals surface area contributed by atoms with Gasteiger partial charge < -0.3 is 14.4 Å². The van der Waals surface area contributed by atoms with Gasteiger partial charge in [-0.25, -0.2) is 9.37 Å². The lowest BCUT2D eigenvalue weighted by Crippen LogP contribution is -2.26. The first-order valence-corrected chi connectivity index (χ1v) is 12.9. The van der Waals surface area contributed by atoms with Crippen LogP contribution in [0.5, 0.6) is 0 Å². The molecule has 3 aromatic rings. The minimum absolute atomic E-state index is 0.145. The number of benzene rings is 1. The number of aryl methyl sites for hydroxylation is 1. The van der Waals surface area contributed by atoms with E-state index in [2.05, 4.69) is 18.9 Å². The molecule has 5 nitrogen and oxygen atoms in total. The smallest absolute Gasteiger partial charge is 0.257 e. The van der Waals surface area contributed by atoms with Gasteiger partial charge in [0.2, 0.25) is 0 Å². The third-order valence-corrected chi connectivity index (χ3v) is 8.54. The summed E-state index contributed by atoms with van der Waals surface area (Å²) in [6, 6.07) is 3.44. The molecule has 0 saturated carbocycles. The second-order valence-corrected chi connectivity index (χ2v) is 10.5. The Morgan fingerprint density at radius 3 is 2.88 bits per heavy atom. The van der Waals surface area contributed by atoms with Gasteiger partial charge in [-0.1, -0.05) is 0 Å². The van der Waals surface area contributed by atoms with Crippen molar-refractivity contribution >= 4 is 35.3 Å². The Balaban J connectivity index is 1.86. The number of ether oxygens (including phenoxy) is 1. The number of fused-ring (bicyclic) bond motifs is 4. The topological polar surface area (TPSA) is 64.3 Å². The molecule has 1 N–H and O–H groups in total. The fraction of sp³-hybridized carbons (Fsp3) is 0.440. The molecule has 0 bridgehead atoms. The first-order valence-electron chi connectivity index (χ1n) is 11.1. The van der Waals surface area contributed by atoms with Crippen LogP contribution in [-0.2, 0) is 24.3 Å². The van der Waals surface area contributed by atoms with Crippen LogP contribution in [-0.4, -0.2) is 34.6 Å². The van der Waals surface area contributed by atoms with Gasteiger partial charge in [-0.05, 0) is 60.8 Å². The Morgan fingerprint density at radius 2 is 2.18 bits per heavy atom. The average molecular weight is 487 g/mol. The number of nitrogens with zero attached hydrogens (tertiary/aromatic N) is 2. The summed E-state index contributed by atoms with van der Waals surface area (Å²) in [5, 5.41) is 10.6. The van der Waals surface area contributed by atoms with Crippen LogP contribution in [0.2, 0.25) is 0 Å². The number of thiol groups is 1. The molecule has 1 aliphatic heterocycles. The van der Waals surface area contributed by atoms with E-state index in [1.807, 2.05) is 13.0 Å². The standard InChI is InChI=1S/C25H27FN2O3S2/c1-12-13-5-4-6-21(33-3)23-15-9-28-19(24(15)27-18(22(13)23)8-17(12)26)7-14(20(32)10-29)16(11-31-2)25(28)30/h7-8,20-21,29,32H,4-6,9-11H2,1-3H3. The van der Waals surface area contributed by atoms with E-state index >= 15 is 0 Å². The lowest BCUT2D eigenvalue weighted by Gasteiger charge is -2.20. The molecule has 1 aromatic carbocycles. The average Bonchev–Trinajstić information content (AvgIpc) is 3.05. The Labute approximate surface area is 201 Å². The maximum atomic E-state index is 14.9. The molecular weight excluding hydrogens is 459 g/mol. The van der Waals surface area contributed by atoms with Crippen LogP contribution in [0.15, 0.2) is 16.9 Å². The van der Waals surface area contributed by atoms with Gasteiger partial charge in [0.25, 0.3) is 5.56 Å². The molecule has 3 heterocycles. The highest BCUT2D eigenvalue weighted by Gasteiger charge is 2.33. The van der Waals surface area contributed by atoms with Crippen LogP contribution in [0.1, 0.15) is 56.7 Å². The SMILES string of the molecule is COCc1c(C(S)CO)cc2n(c1=O)Cc1c-2nc2cc(F)c(C)c3c2c1C(SC)CCC3. The van der Waals surface area contributed by atoms with Crippen LogP contribution >= 0.6 is 24.4 Å². The monoisotopic (exact) mass is 486 g/mol. The van der Waals surface area contributed by atoms with Crippen molar-refractivity contribution in [3.63, 3.8) is 0 Å². The molecule has 0 radical (unpaired) electrons. The Hall–Kier alpha value is -1.87. The van der Waals surface area contributed by atoms with E-state index in [-0.39, 0.29) is 29.8 Å². The number of thioether (sulfide) groups is 1. The lowest BCUT2D eigenvalue weighted by molar-refractivity contribution is 0.182. The summed E-state index contributed by atoms with van der Waals surface area (Å²) < 4.78 is 21.9. The molecule has 8 heteroatoms. The zero-order valence-electron chi connectivity index (χ0n) is 18.9. The third-order valence-electron chi connectivity index (χ3n) is 7.06. The number of rotatable bonds is 5. The Kier molecular flexibility index (Phi) is 6.05. The summed E-state index contributed by atoms with van der Waals surface area (Å²) >= 11 is 6.31. The molecule has 5 rings (SSSR count). The van der Waals surface area contributed by atoms with Crippen molar-refractivity contribution in [3.05, 3.63) is 61.7 Å². The van der Waals surface area contributed by atoms with Crippen molar-refractivity contribution in [3.8, 4) is 11.4 Å². The minimum atomic E-state index is -0.509. The van der Waals surface area contributed by atoms with Crippen LogP contribution < -0.4 is 5.56 Å². The summed E-state index contributed by atoms with van der Waals surface area (Å²) in [4.78, 5) is 18.5. The van der Waals surface area contributed by atoms with Crippen molar-refractivity contribution in [2.24, 2.45) is 0 Å². The first-order chi connectivity index (χ1) is 15.9. The number of halogens is 1. The molecule has 33 heavy (non-hydrogen) atoms. The van der Waals surface area contributed by atoms with Gasteiger partial charge in [-0.2, -0.15) is 24.4 Å². The summed E-state index contributed by atoms with van der Waals surface area (Å²) in [5.74, 6) is -0.235. The molecule has 2 aromatic heterocycles. The molecule has 0 amide bonds. The highest BCUT2D eigenvalue weighted by molar-refractivity contribution is 7.98. The van der Waals surface area contributed by atoms with Crippen molar-refractivity contribution < 1.29 is 14.2 Å². The molecule has 174 valence electrons. The second kappa shape index (κ2) is 8.73. The van der Waals surface area contributed by atoms with E-state index in [9.17, 15) is 14.3 Å². The summed E-state index contributed by atoms with van der Waals surface area (Å²) in [6.07, 6.45) is 4.93. The summed E-state index contributed by atoms with van der Waals surface area (Å²) in [5.41, 5.74) is 7.07. The van der Waals surface area contributed by atoms with Gasteiger partial charge in [0, 0.05) is 34.9 Å². The number of aromatic nitrogens is 2. The number of pyridine rings is 2. The van der Waals surface area contributed by atoms with Crippen LogP contribution in [0.25, 0.3) is 22.3 Å². The number of aliphatic hydroxyl groups excluding tert-OH is 1. The Morgan fingerprint density at radius 1 is 1.39 bits per heavy atom. The third kappa shape index (κ3) is 3.45. The normalized spacial score (nSPS) is 17.7. The number of hydrogen-bond donors (Lipinski definition) is 2. The van der Waals surface area contributed by atoms with E-state index in [1.54, 1.807) is 23.4 Å². The first kappa shape index (κ1) is 22.9. The molecule has 0 fully saturated rings. The predicted molar refractivity (Wildman–Crippen MR) is 134 cm³/mol. The second-order valence-electron chi connectivity index (χ2n) is 8.81. The maximum absolute atomic E-state index is 14.9. The van der Waals surface area contributed by atoms with Crippen LogP contribution in [0, 0.1) is 12.7 Å². The summed E-state index contributed by atoms with van der Waals surface area (Å²) in [7, 11) is 1.55. The van der Waals surface area contributed by atoms with Crippen molar-refractivity contribution in [1.82, 2.24) is 9.55 Å². The highest BCUT2D eigenvalue weighted by Crippen LogP contribution is 2.47. The van der Waals surface area contributed by atoms with E-state index in [1.165, 1.54) is 11.6 Å². The van der Waals surface area contributed by atoms with Gasteiger partial charge in [-0.15, -0.1) is 0 Å². The molecule has 2 atom stereocenters. The quantitative estimate of drug-likeness (QED) is 0.400. The van der Waals surface area contributed by atoms with Crippen molar-refractivity contribution in [1.29, 1.82) is 0 Å². The van der Waals surface area contributed by atoms with Crippen LogP contribution in [0.4, 0.5) is 4.39 Å². The number of aliphatic hydroxyl groups is 1. The number of hydrogen-bond acceptors (Lipinski definition) is 6. The van der Waals surface area contributed by atoms with Gasteiger partial charge in [0.15, 0.2) is 0 Å². The molecule has 1 aliphatic carbocycles. The molecule has 2 unspecified atom stereocenters. The van der Waals surface area contributed by atoms with Gasteiger partial charge >= 0.3 is 0 Å². The largest absolute Gasteiger partial charge is 0.395 e. The van der Waals surface area contributed by atoms with E-state index in [0.29, 0.717) is 34.4 Å². The van der Waals surface area contributed by atoms with E-state index in [4.69, 9.17) is 9.72 Å². The fourth-order valence-electron chi connectivity index (χ4n) is 5.43. The molecule has 2 aliphatic rings. The lowest BCUT2D eigenvalue weighted by atomic mass is 9.93. The van der Waals surface area contributed by atoms with E-state index in [0.717, 1.165) is 41.5 Å². The van der Waals surface area contributed by atoms with Gasteiger partial charge in [0.1, 0.15) is 5.82 Å². The highest BCUT2D eigenvalue weighted by atomic mass is 32.2. The zero-order valence-corrected chi connectivity index (χ0v) is 20.7. The zero-order chi connectivity index (χ0) is 23.4. The van der Waals surface area contributed by atoms with E-state index < -0.39 is 5.25 Å². The van der Waals surface area contributed by atoms with Gasteiger partial charge in [0.05, 0.1) is 41.9 Å². The van der Waals surface area contributed by atoms with Crippen molar-refractivity contribution in [2.75, 3.05) is 20.0 Å². The molecule has 0 spiro atoms. The van der Waals surface area contributed by atoms with Crippen LogP contribution in [0.3, 0.4) is 0 Å². The minimum Gasteiger partial charge on any atom is -0.395 e. The summed E-state index contributed by atoms with van der Waals surface area (Å²) in [6.45, 7) is 2.23. The van der Waals surface area contributed by atoms with Crippen molar-refractivity contribution in [2.45, 2.75) is 49.8 Å². The molecule has 0 saturated heterocycles. The molecular formula is C25H27FN2O3S2.